The second-order valence-electron chi connectivity index (χ2n) is 6.19. The van der Waals surface area contributed by atoms with Crippen molar-refractivity contribution < 1.29 is 14.7 Å². The number of aliphatic carboxylic acids is 1. The van der Waals surface area contributed by atoms with Crippen molar-refractivity contribution in [1.82, 2.24) is 15.1 Å². The lowest BCUT2D eigenvalue weighted by molar-refractivity contribution is -0.141. The standard InChI is InChI=1S/C14H23N3O3/c18-13(19)12-4-2-7-17(12)14(20)15-10-5-8-16-6-1-3-11(16)9-10/h10-12H,1-9H2,(H,15,20)(H,18,19)/t10?,11?,12-/m1/s1. The Morgan fingerprint density at radius 1 is 1.05 bits per heavy atom. The molecule has 3 rings (SSSR count). The minimum Gasteiger partial charge on any atom is -0.480 e. The fourth-order valence-corrected chi connectivity index (χ4v) is 3.88. The molecule has 3 heterocycles. The van der Waals surface area contributed by atoms with E-state index in [4.69, 9.17) is 5.11 Å². The van der Waals surface area contributed by atoms with E-state index in [1.165, 1.54) is 24.3 Å². The molecule has 2 unspecified atom stereocenters. The first-order valence-electron chi connectivity index (χ1n) is 7.69. The maximum absolute atomic E-state index is 12.3. The number of piperidine rings is 1. The van der Waals surface area contributed by atoms with Crippen LogP contribution in [0.1, 0.15) is 38.5 Å². The molecule has 0 radical (unpaired) electrons. The van der Waals surface area contributed by atoms with Gasteiger partial charge in [-0.05, 0) is 45.1 Å². The van der Waals surface area contributed by atoms with Crippen LogP contribution in [0.2, 0.25) is 0 Å². The van der Waals surface area contributed by atoms with Crippen LogP contribution in [0, 0.1) is 0 Å². The van der Waals surface area contributed by atoms with Crippen molar-refractivity contribution >= 4 is 12.0 Å². The highest BCUT2D eigenvalue weighted by molar-refractivity contribution is 5.83. The maximum Gasteiger partial charge on any atom is 0.326 e. The molecule has 3 fully saturated rings. The molecule has 112 valence electrons. The molecular formula is C14H23N3O3. The average Bonchev–Trinajstić information content (AvgIpc) is 3.06. The predicted octanol–water partition coefficient (Wildman–Crippen LogP) is 0.872. The van der Waals surface area contributed by atoms with Gasteiger partial charge in [-0.1, -0.05) is 0 Å². The van der Waals surface area contributed by atoms with Crippen molar-refractivity contribution in [3.8, 4) is 0 Å². The Bertz CT molecular complexity index is 401. The van der Waals surface area contributed by atoms with Gasteiger partial charge in [-0.25, -0.2) is 9.59 Å². The van der Waals surface area contributed by atoms with Crippen molar-refractivity contribution in [3.63, 3.8) is 0 Å². The largest absolute Gasteiger partial charge is 0.480 e. The number of hydrogen-bond acceptors (Lipinski definition) is 3. The fourth-order valence-electron chi connectivity index (χ4n) is 3.88. The van der Waals surface area contributed by atoms with Crippen LogP contribution in [0.15, 0.2) is 0 Å². The Morgan fingerprint density at radius 3 is 2.65 bits per heavy atom. The molecule has 3 aliphatic heterocycles. The number of nitrogens with zero attached hydrogens (tertiary/aromatic N) is 2. The zero-order valence-electron chi connectivity index (χ0n) is 11.8. The third kappa shape index (κ3) is 2.61. The first-order valence-corrected chi connectivity index (χ1v) is 7.69. The molecule has 3 atom stereocenters. The number of fused-ring (bicyclic) bond motifs is 1. The van der Waals surface area contributed by atoms with E-state index in [0.29, 0.717) is 19.0 Å². The van der Waals surface area contributed by atoms with Gasteiger partial charge >= 0.3 is 12.0 Å². The number of hydrogen-bond donors (Lipinski definition) is 2. The summed E-state index contributed by atoms with van der Waals surface area (Å²) < 4.78 is 0. The van der Waals surface area contributed by atoms with Crippen LogP contribution in [-0.2, 0) is 4.79 Å². The van der Waals surface area contributed by atoms with Crippen molar-refractivity contribution in [1.29, 1.82) is 0 Å². The second kappa shape index (κ2) is 5.60. The van der Waals surface area contributed by atoms with Gasteiger partial charge in [0.25, 0.3) is 0 Å². The lowest BCUT2D eigenvalue weighted by atomic mass is 9.98. The summed E-state index contributed by atoms with van der Waals surface area (Å²) in [5.74, 6) is -0.886. The Balaban J connectivity index is 1.55. The summed E-state index contributed by atoms with van der Waals surface area (Å²) in [6.45, 7) is 2.81. The Labute approximate surface area is 119 Å². The summed E-state index contributed by atoms with van der Waals surface area (Å²) in [7, 11) is 0. The number of urea groups is 1. The minimum atomic E-state index is -0.886. The van der Waals surface area contributed by atoms with Crippen LogP contribution in [0.3, 0.4) is 0 Å². The molecule has 3 saturated heterocycles. The van der Waals surface area contributed by atoms with E-state index in [1.54, 1.807) is 0 Å². The number of nitrogens with one attached hydrogen (secondary N) is 1. The monoisotopic (exact) mass is 281 g/mol. The number of carboxylic acid groups (broad SMARTS) is 1. The SMILES string of the molecule is O=C(O)[C@H]1CCCN1C(=O)NC1CCN2CCCC2C1. The van der Waals surface area contributed by atoms with E-state index < -0.39 is 12.0 Å². The molecule has 6 heteroatoms. The number of carbonyl (C=O) groups excluding carboxylic acids is 1. The normalized spacial score (nSPS) is 34.0. The van der Waals surface area contributed by atoms with Crippen LogP contribution in [0.4, 0.5) is 4.79 Å². The first kappa shape index (κ1) is 13.7. The maximum atomic E-state index is 12.3. The number of likely N-dealkylation sites (tertiary alicyclic amines) is 1. The Hall–Kier alpha value is -1.30. The molecule has 0 aromatic heterocycles. The molecule has 0 aromatic carbocycles. The average molecular weight is 281 g/mol. The smallest absolute Gasteiger partial charge is 0.326 e. The molecule has 0 aliphatic carbocycles. The summed E-state index contributed by atoms with van der Waals surface area (Å²) >= 11 is 0. The van der Waals surface area contributed by atoms with E-state index >= 15 is 0 Å². The van der Waals surface area contributed by atoms with Crippen LogP contribution in [-0.4, -0.2) is 64.7 Å². The lowest BCUT2D eigenvalue weighted by Crippen LogP contribution is -2.52. The van der Waals surface area contributed by atoms with Crippen molar-refractivity contribution in [3.05, 3.63) is 0 Å². The van der Waals surface area contributed by atoms with Crippen LogP contribution < -0.4 is 5.32 Å². The molecule has 2 amide bonds. The quantitative estimate of drug-likeness (QED) is 0.788. The highest BCUT2D eigenvalue weighted by atomic mass is 16.4. The Kier molecular flexibility index (Phi) is 3.83. The molecule has 0 spiro atoms. The highest BCUT2D eigenvalue weighted by Gasteiger charge is 2.37. The van der Waals surface area contributed by atoms with Crippen LogP contribution in [0.25, 0.3) is 0 Å². The summed E-state index contributed by atoms with van der Waals surface area (Å²) in [4.78, 5) is 27.4. The third-order valence-corrected chi connectivity index (χ3v) is 4.95. The third-order valence-electron chi connectivity index (χ3n) is 4.95. The predicted molar refractivity (Wildman–Crippen MR) is 73.5 cm³/mol. The van der Waals surface area contributed by atoms with Gasteiger partial charge in [0.1, 0.15) is 6.04 Å². The molecule has 0 saturated carbocycles. The summed E-state index contributed by atoms with van der Waals surface area (Å²) in [6, 6.07) is -0.00675. The van der Waals surface area contributed by atoms with Gasteiger partial charge in [0.05, 0.1) is 0 Å². The molecule has 3 aliphatic rings. The molecule has 0 aromatic rings. The zero-order valence-corrected chi connectivity index (χ0v) is 11.8. The van der Waals surface area contributed by atoms with Crippen molar-refractivity contribution in [2.45, 2.75) is 56.7 Å². The van der Waals surface area contributed by atoms with Gasteiger partial charge in [-0.15, -0.1) is 0 Å². The molecular weight excluding hydrogens is 258 g/mol. The molecule has 6 nitrogen and oxygen atoms in total. The van der Waals surface area contributed by atoms with Crippen LogP contribution >= 0.6 is 0 Å². The fraction of sp³-hybridized carbons (Fsp3) is 0.857. The van der Waals surface area contributed by atoms with Gasteiger partial charge in [0.2, 0.25) is 0 Å². The minimum absolute atomic E-state index is 0.189. The van der Waals surface area contributed by atoms with Gasteiger partial charge in [-0.2, -0.15) is 0 Å². The molecule has 20 heavy (non-hydrogen) atoms. The Morgan fingerprint density at radius 2 is 1.85 bits per heavy atom. The highest BCUT2D eigenvalue weighted by Crippen LogP contribution is 2.27. The number of carbonyl (C=O) groups is 2. The topological polar surface area (TPSA) is 72.9 Å². The van der Waals surface area contributed by atoms with E-state index in [9.17, 15) is 9.59 Å². The van der Waals surface area contributed by atoms with Gasteiger partial charge < -0.3 is 20.2 Å². The number of rotatable bonds is 2. The van der Waals surface area contributed by atoms with Crippen molar-refractivity contribution in [2.75, 3.05) is 19.6 Å². The van der Waals surface area contributed by atoms with Gasteiger partial charge in [-0.3, -0.25) is 0 Å². The zero-order chi connectivity index (χ0) is 14.1. The van der Waals surface area contributed by atoms with Crippen LogP contribution in [0.5, 0.6) is 0 Å². The molecule has 2 N–H and O–H groups in total. The lowest BCUT2D eigenvalue weighted by Gasteiger charge is -2.36. The second-order valence-corrected chi connectivity index (χ2v) is 6.19. The van der Waals surface area contributed by atoms with Gasteiger partial charge in [0, 0.05) is 25.2 Å². The van der Waals surface area contributed by atoms with E-state index in [-0.39, 0.29) is 12.1 Å². The van der Waals surface area contributed by atoms with Crippen molar-refractivity contribution in [2.24, 2.45) is 0 Å². The van der Waals surface area contributed by atoms with Gasteiger partial charge in [0.15, 0.2) is 0 Å². The molecule has 0 bridgehead atoms. The summed E-state index contributed by atoms with van der Waals surface area (Å²) in [6.07, 6.45) is 5.84. The number of amides is 2. The summed E-state index contributed by atoms with van der Waals surface area (Å²) in [5.41, 5.74) is 0. The first-order chi connectivity index (χ1) is 9.65. The van der Waals surface area contributed by atoms with E-state index in [1.807, 2.05) is 0 Å². The number of carboxylic acids is 1. The van der Waals surface area contributed by atoms with E-state index in [0.717, 1.165) is 25.8 Å². The van der Waals surface area contributed by atoms with E-state index in [2.05, 4.69) is 10.2 Å². The summed E-state index contributed by atoms with van der Waals surface area (Å²) in [5, 5.41) is 12.2.